The Labute approximate surface area is 108 Å². The Morgan fingerprint density at radius 2 is 1.89 bits per heavy atom. The second-order valence-electron chi connectivity index (χ2n) is 5.27. The van der Waals surface area contributed by atoms with Crippen LogP contribution < -0.4 is 10.1 Å². The zero-order valence-electron chi connectivity index (χ0n) is 11.4. The molecule has 0 bridgehead atoms. The molecule has 1 aromatic carbocycles. The lowest BCUT2D eigenvalue weighted by Crippen LogP contribution is -2.27. The molecule has 1 rings (SSSR count). The van der Waals surface area contributed by atoms with E-state index < -0.39 is 5.60 Å². The molecular weight excluding hydrogens is 230 g/mol. The summed E-state index contributed by atoms with van der Waals surface area (Å²) in [7, 11) is 0. The number of anilines is 1. The van der Waals surface area contributed by atoms with Crippen molar-refractivity contribution in [3.05, 3.63) is 24.3 Å². The van der Waals surface area contributed by atoms with E-state index in [0.29, 0.717) is 5.75 Å². The number of hydrogen-bond acceptors (Lipinski definition) is 3. The highest BCUT2D eigenvalue weighted by Crippen LogP contribution is 2.17. The number of aliphatic hydroxyl groups is 1. The molecule has 2 N–H and O–H groups in total. The number of ether oxygens (including phenoxy) is 1. The fourth-order valence-corrected chi connectivity index (χ4v) is 1.18. The molecule has 0 radical (unpaired) electrons. The second kappa shape index (κ2) is 5.87. The number of hydrogen-bond donors (Lipinski definition) is 2. The lowest BCUT2D eigenvalue weighted by Gasteiger charge is -2.18. The Kier molecular flexibility index (Phi) is 4.73. The van der Waals surface area contributed by atoms with Crippen molar-refractivity contribution in [2.45, 2.75) is 33.3 Å². The molecule has 0 aliphatic carbocycles. The molecule has 18 heavy (non-hydrogen) atoms. The molecule has 4 nitrogen and oxygen atoms in total. The summed E-state index contributed by atoms with van der Waals surface area (Å²) < 4.78 is 5.42. The third kappa shape index (κ3) is 5.19. The minimum absolute atomic E-state index is 0.0137. The van der Waals surface area contributed by atoms with Crippen LogP contribution in [0.3, 0.4) is 0 Å². The van der Waals surface area contributed by atoms with Gasteiger partial charge in [-0.1, -0.05) is 13.8 Å². The summed E-state index contributed by atoms with van der Waals surface area (Å²) in [6.07, 6.45) is 0. The zero-order chi connectivity index (χ0) is 13.8. The van der Waals surface area contributed by atoms with Crippen molar-refractivity contribution in [1.82, 2.24) is 0 Å². The minimum atomic E-state index is -0.857. The van der Waals surface area contributed by atoms with Crippen molar-refractivity contribution in [3.63, 3.8) is 0 Å². The maximum absolute atomic E-state index is 11.5. The Hall–Kier alpha value is -1.55. The summed E-state index contributed by atoms with van der Waals surface area (Å²) in [6.45, 7) is 7.28. The maximum Gasteiger partial charge on any atom is 0.226 e. The summed E-state index contributed by atoms with van der Waals surface area (Å²) in [5.41, 5.74) is -0.117. The lowest BCUT2D eigenvalue weighted by molar-refractivity contribution is -0.118. The van der Waals surface area contributed by atoms with Crippen LogP contribution in [0.15, 0.2) is 24.3 Å². The van der Waals surface area contributed by atoms with Gasteiger partial charge in [-0.05, 0) is 38.1 Å². The van der Waals surface area contributed by atoms with Gasteiger partial charge in [0.05, 0.1) is 5.60 Å². The highest BCUT2D eigenvalue weighted by Gasteiger charge is 2.13. The largest absolute Gasteiger partial charge is 0.491 e. The molecule has 1 aromatic rings. The Morgan fingerprint density at radius 1 is 1.33 bits per heavy atom. The smallest absolute Gasteiger partial charge is 0.226 e. The molecule has 0 aliphatic heterocycles. The van der Waals surface area contributed by atoms with Crippen LogP contribution in [0.1, 0.15) is 27.7 Å². The van der Waals surface area contributed by atoms with Crippen molar-refractivity contribution < 1.29 is 14.6 Å². The molecule has 100 valence electrons. The first-order valence-corrected chi connectivity index (χ1v) is 6.04. The average Bonchev–Trinajstić information content (AvgIpc) is 2.27. The maximum atomic E-state index is 11.5. The van der Waals surface area contributed by atoms with E-state index in [1.54, 1.807) is 38.1 Å². The fraction of sp³-hybridized carbons (Fsp3) is 0.500. The van der Waals surface area contributed by atoms with E-state index in [9.17, 15) is 9.90 Å². The van der Waals surface area contributed by atoms with E-state index in [1.165, 1.54) is 0 Å². The molecule has 0 heterocycles. The quantitative estimate of drug-likeness (QED) is 0.845. The molecule has 0 fully saturated rings. The summed E-state index contributed by atoms with van der Waals surface area (Å²) in [6, 6.07) is 7.09. The van der Waals surface area contributed by atoms with Crippen LogP contribution in [0, 0.1) is 5.92 Å². The predicted molar refractivity (Wildman–Crippen MR) is 71.7 cm³/mol. The van der Waals surface area contributed by atoms with E-state index in [4.69, 9.17) is 4.74 Å². The number of nitrogens with one attached hydrogen (secondary N) is 1. The van der Waals surface area contributed by atoms with Crippen molar-refractivity contribution in [3.8, 4) is 5.75 Å². The van der Waals surface area contributed by atoms with Gasteiger partial charge in [0.2, 0.25) is 5.91 Å². The van der Waals surface area contributed by atoms with Gasteiger partial charge in [0.15, 0.2) is 0 Å². The first kappa shape index (κ1) is 14.5. The van der Waals surface area contributed by atoms with Crippen LogP contribution in [0.4, 0.5) is 5.69 Å². The second-order valence-corrected chi connectivity index (χ2v) is 5.27. The molecule has 1 amide bonds. The van der Waals surface area contributed by atoms with E-state index in [1.807, 2.05) is 13.8 Å². The molecular formula is C14H21NO3. The molecule has 4 heteroatoms. The average molecular weight is 251 g/mol. The number of amides is 1. The van der Waals surface area contributed by atoms with Gasteiger partial charge in [-0.3, -0.25) is 4.79 Å². The van der Waals surface area contributed by atoms with Crippen LogP contribution in [0.5, 0.6) is 5.75 Å². The fourth-order valence-electron chi connectivity index (χ4n) is 1.18. The topological polar surface area (TPSA) is 58.6 Å². The first-order valence-electron chi connectivity index (χ1n) is 6.04. The van der Waals surface area contributed by atoms with E-state index in [0.717, 1.165) is 5.69 Å². The van der Waals surface area contributed by atoms with Crippen molar-refractivity contribution in [2.24, 2.45) is 5.92 Å². The standard InChI is InChI=1S/C14H21NO3/c1-10(2)13(16)15-11-5-7-12(8-6-11)18-9-14(3,4)17/h5-8,10,17H,9H2,1-4H3,(H,15,16). The van der Waals surface area contributed by atoms with Gasteiger partial charge in [-0.2, -0.15) is 0 Å². The van der Waals surface area contributed by atoms with Gasteiger partial charge in [-0.25, -0.2) is 0 Å². The molecule has 0 unspecified atom stereocenters. The third-order valence-electron chi connectivity index (χ3n) is 2.24. The monoisotopic (exact) mass is 251 g/mol. The highest BCUT2D eigenvalue weighted by molar-refractivity contribution is 5.92. The molecule has 0 atom stereocenters. The van der Waals surface area contributed by atoms with Crippen molar-refractivity contribution >= 4 is 11.6 Å². The molecule has 0 spiro atoms. The van der Waals surface area contributed by atoms with Crippen LogP contribution >= 0.6 is 0 Å². The molecule has 0 saturated carbocycles. The number of carbonyl (C=O) groups excluding carboxylic acids is 1. The third-order valence-corrected chi connectivity index (χ3v) is 2.24. The van der Waals surface area contributed by atoms with Gasteiger partial charge in [0, 0.05) is 11.6 Å². The van der Waals surface area contributed by atoms with Gasteiger partial charge in [0.25, 0.3) is 0 Å². The lowest BCUT2D eigenvalue weighted by atomic mass is 10.2. The van der Waals surface area contributed by atoms with Gasteiger partial charge < -0.3 is 15.2 Å². The van der Waals surface area contributed by atoms with Gasteiger partial charge in [0.1, 0.15) is 12.4 Å². The normalized spacial score (nSPS) is 11.4. The molecule has 0 saturated heterocycles. The van der Waals surface area contributed by atoms with Gasteiger partial charge >= 0.3 is 0 Å². The zero-order valence-corrected chi connectivity index (χ0v) is 11.4. The van der Waals surface area contributed by atoms with E-state index in [2.05, 4.69) is 5.32 Å². The van der Waals surface area contributed by atoms with E-state index >= 15 is 0 Å². The van der Waals surface area contributed by atoms with Gasteiger partial charge in [-0.15, -0.1) is 0 Å². The number of rotatable bonds is 5. The predicted octanol–water partition coefficient (Wildman–Crippen LogP) is 2.43. The molecule has 0 aromatic heterocycles. The first-order chi connectivity index (χ1) is 8.28. The SMILES string of the molecule is CC(C)C(=O)Nc1ccc(OCC(C)(C)O)cc1. The number of benzene rings is 1. The summed E-state index contributed by atoms with van der Waals surface area (Å²) in [5.74, 6) is 0.607. The number of carbonyl (C=O) groups is 1. The van der Waals surface area contributed by atoms with E-state index in [-0.39, 0.29) is 18.4 Å². The summed E-state index contributed by atoms with van der Waals surface area (Å²) >= 11 is 0. The Balaban J connectivity index is 2.55. The van der Waals surface area contributed by atoms with Crippen LogP contribution in [0.25, 0.3) is 0 Å². The highest BCUT2D eigenvalue weighted by atomic mass is 16.5. The van der Waals surface area contributed by atoms with Crippen LogP contribution in [-0.2, 0) is 4.79 Å². The van der Waals surface area contributed by atoms with Crippen molar-refractivity contribution in [1.29, 1.82) is 0 Å². The Bertz CT molecular complexity index is 390. The summed E-state index contributed by atoms with van der Waals surface area (Å²) in [5, 5.41) is 12.3. The van der Waals surface area contributed by atoms with Crippen molar-refractivity contribution in [2.75, 3.05) is 11.9 Å². The van der Waals surface area contributed by atoms with Crippen LogP contribution in [0.2, 0.25) is 0 Å². The minimum Gasteiger partial charge on any atom is -0.491 e. The Morgan fingerprint density at radius 3 is 2.33 bits per heavy atom. The molecule has 0 aliphatic rings. The van der Waals surface area contributed by atoms with Crippen LogP contribution in [-0.4, -0.2) is 23.2 Å². The summed E-state index contributed by atoms with van der Waals surface area (Å²) in [4.78, 5) is 11.5.